The first kappa shape index (κ1) is 14.8. The molecule has 1 rings (SSSR count). The zero-order chi connectivity index (χ0) is 12.7. The van der Waals surface area contributed by atoms with Crippen molar-refractivity contribution in [2.75, 3.05) is 30.9 Å². The van der Waals surface area contributed by atoms with Crippen LogP contribution in [0.1, 0.15) is 0 Å². The van der Waals surface area contributed by atoms with E-state index in [4.69, 9.17) is 11.6 Å². The van der Waals surface area contributed by atoms with E-state index in [9.17, 15) is 8.42 Å². The summed E-state index contributed by atoms with van der Waals surface area (Å²) in [7, 11) is -2.86. The Hall–Kier alpha value is -0.300. The van der Waals surface area contributed by atoms with Gasteiger partial charge < -0.3 is 5.32 Å². The number of thioether (sulfide) groups is 1. The maximum atomic E-state index is 10.8. The third-order valence-corrected chi connectivity index (χ3v) is 3.99. The van der Waals surface area contributed by atoms with Crippen LogP contribution < -0.4 is 5.32 Å². The molecule has 0 radical (unpaired) electrons. The topological polar surface area (TPSA) is 59.1 Å². The molecule has 0 fully saturated rings. The van der Waals surface area contributed by atoms with Gasteiger partial charge in [-0.3, -0.25) is 0 Å². The summed E-state index contributed by atoms with van der Waals surface area (Å²) in [5.74, 6) is 1.02. The van der Waals surface area contributed by atoms with Crippen molar-refractivity contribution in [3.05, 3.63) is 23.4 Å². The van der Waals surface area contributed by atoms with Crippen LogP contribution in [0.4, 0.5) is 0 Å². The third-order valence-electron chi connectivity index (χ3n) is 1.88. The first-order valence-corrected chi connectivity index (χ1v) is 8.52. The summed E-state index contributed by atoms with van der Waals surface area (Å²) < 4.78 is 21.7. The minimum atomic E-state index is -2.86. The van der Waals surface area contributed by atoms with Crippen molar-refractivity contribution in [1.82, 2.24) is 10.3 Å². The smallest absolute Gasteiger partial charge is 0.148 e. The number of sulfone groups is 1. The maximum absolute atomic E-state index is 10.8. The van der Waals surface area contributed by atoms with Gasteiger partial charge in [-0.2, -0.15) is 0 Å². The van der Waals surface area contributed by atoms with Gasteiger partial charge in [0.25, 0.3) is 0 Å². The van der Waals surface area contributed by atoms with Crippen LogP contribution >= 0.6 is 23.4 Å². The molecule has 0 saturated heterocycles. The minimum Gasteiger partial charge on any atom is -0.315 e. The lowest BCUT2D eigenvalue weighted by Crippen LogP contribution is -2.24. The van der Waals surface area contributed by atoms with E-state index in [0.29, 0.717) is 11.6 Å². The van der Waals surface area contributed by atoms with Crippen LogP contribution in [-0.2, 0) is 9.84 Å². The molecular weight excluding hydrogens is 280 g/mol. The van der Waals surface area contributed by atoms with Gasteiger partial charge in [-0.1, -0.05) is 11.6 Å². The van der Waals surface area contributed by atoms with Crippen molar-refractivity contribution in [1.29, 1.82) is 0 Å². The second kappa shape index (κ2) is 7.20. The molecular formula is C10H15ClN2O2S2. The molecule has 96 valence electrons. The van der Waals surface area contributed by atoms with E-state index in [-0.39, 0.29) is 5.75 Å². The molecule has 7 heteroatoms. The van der Waals surface area contributed by atoms with Crippen LogP contribution in [0.5, 0.6) is 0 Å². The van der Waals surface area contributed by atoms with Gasteiger partial charge in [0.05, 0.1) is 15.8 Å². The van der Waals surface area contributed by atoms with Crippen molar-refractivity contribution < 1.29 is 8.42 Å². The van der Waals surface area contributed by atoms with Crippen molar-refractivity contribution in [3.8, 4) is 0 Å². The van der Waals surface area contributed by atoms with Gasteiger partial charge in [0.15, 0.2) is 0 Å². The van der Waals surface area contributed by atoms with E-state index < -0.39 is 9.84 Å². The number of nitrogens with one attached hydrogen (secondary N) is 1. The highest BCUT2D eigenvalue weighted by atomic mass is 35.5. The van der Waals surface area contributed by atoms with Crippen LogP contribution in [0.15, 0.2) is 23.4 Å². The molecule has 0 aromatic carbocycles. The lowest BCUT2D eigenvalue weighted by molar-refractivity contribution is 0.598. The molecule has 0 aliphatic rings. The summed E-state index contributed by atoms with van der Waals surface area (Å²) in [6.07, 6.45) is 2.85. The van der Waals surface area contributed by atoms with Gasteiger partial charge in [0, 0.05) is 31.3 Å². The van der Waals surface area contributed by atoms with Gasteiger partial charge in [-0.25, -0.2) is 13.4 Å². The lowest BCUT2D eigenvalue weighted by Gasteiger charge is -2.03. The standard InChI is InChI=1S/C10H15ClN2O2S2/c1-17(14,15)7-5-12-4-6-16-10-3-2-9(11)8-13-10/h2-3,8,12H,4-7H2,1H3. The molecule has 17 heavy (non-hydrogen) atoms. The van der Waals surface area contributed by atoms with Gasteiger partial charge in [-0.15, -0.1) is 11.8 Å². The van der Waals surface area contributed by atoms with Gasteiger partial charge in [0.2, 0.25) is 0 Å². The second-order valence-electron chi connectivity index (χ2n) is 3.54. The van der Waals surface area contributed by atoms with E-state index in [1.165, 1.54) is 6.26 Å². The molecule has 1 heterocycles. The fraction of sp³-hybridized carbons (Fsp3) is 0.500. The highest BCUT2D eigenvalue weighted by Crippen LogP contribution is 2.16. The first-order chi connectivity index (χ1) is 7.97. The SMILES string of the molecule is CS(=O)(=O)CCNCCSc1ccc(Cl)cn1. The second-order valence-corrected chi connectivity index (χ2v) is 7.35. The molecule has 0 atom stereocenters. The molecule has 4 nitrogen and oxygen atoms in total. The Morgan fingerprint density at radius 2 is 2.18 bits per heavy atom. The largest absolute Gasteiger partial charge is 0.315 e. The van der Waals surface area contributed by atoms with E-state index >= 15 is 0 Å². The Labute approximate surface area is 111 Å². The molecule has 1 aromatic heterocycles. The number of hydrogen-bond donors (Lipinski definition) is 1. The number of halogens is 1. The van der Waals surface area contributed by atoms with E-state index in [0.717, 1.165) is 17.3 Å². The Morgan fingerprint density at radius 3 is 2.76 bits per heavy atom. The van der Waals surface area contributed by atoms with Gasteiger partial charge in [0.1, 0.15) is 9.84 Å². The number of rotatable bonds is 7. The Bertz CT molecular complexity index is 434. The molecule has 0 unspecified atom stereocenters. The summed E-state index contributed by atoms with van der Waals surface area (Å²) in [5, 5.41) is 4.61. The first-order valence-electron chi connectivity index (χ1n) is 5.10. The molecule has 0 aliphatic carbocycles. The highest BCUT2D eigenvalue weighted by molar-refractivity contribution is 7.99. The molecule has 0 amide bonds. The van der Waals surface area contributed by atoms with Crippen molar-refractivity contribution in [2.24, 2.45) is 0 Å². The average molecular weight is 295 g/mol. The number of hydrogen-bond acceptors (Lipinski definition) is 5. The molecule has 1 N–H and O–H groups in total. The molecule has 0 spiro atoms. The molecule has 0 saturated carbocycles. The Balaban J connectivity index is 2.10. The third kappa shape index (κ3) is 7.59. The predicted octanol–water partition coefficient (Wildman–Crippen LogP) is 1.46. The summed E-state index contributed by atoms with van der Waals surface area (Å²) in [4.78, 5) is 4.14. The fourth-order valence-corrected chi connectivity index (χ4v) is 2.43. The quantitative estimate of drug-likeness (QED) is 0.609. The van der Waals surface area contributed by atoms with E-state index in [1.807, 2.05) is 6.07 Å². The van der Waals surface area contributed by atoms with Crippen molar-refractivity contribution >= 4 is 33.2 Å². The van der Waals surface area contributed by atoms with Crippen molar-refractivity contribution in [2.45, 2.75) is 5.03 Å². The highest BCUT2D eigenvalue weighted by Gasteiger charge is 2.00. The van der Waals surface area contributed by atoms with Crippen LogP contribution in [-0.4, -0.2) is 44.3 Å². The van der Waals surface area contributed by atoms with Crippen LogP contribution in [0.25, 0.3) is 0 Å². The summed E-state index contributed by atoms with van der Waals surface area (Å²) in [5.41, 5.74) is 0. The summed E-state index contributed by atoms with van der Waals surface area (Å²) >= 11 is 7.32. The number of pyridine rings is 1. The zero-order valence-corrected chi connectivity index (χ0v) is 11.9. The van der Waals surface area contributed by atoms with E-state index in [1.54, 1.807) is 24.0 Å². The fourth-order valence-electron chi connectivity index (χ4n) is 1.06. The summed E-state index contributed by atoms with van der Waals surface area (Å²) in [6, 6.07) is 3.66. The lowest BCUT2D eigenvalue weighted by atomic mass is 10.5. The normalized spacial score (nSPS) is 11.6. The summed E-state index contributed by atoms with van der Waals surface area (Å²) in [6.45, 7) is 1.25. The van der Waals surface area contributed by atoms with Crippen LogP contribution in [0, 0.1) is 0 Å². The monoisotopic (exact) mass is 294 g/mol. The average Bonchev–Trinajstić information content (AvgIpc) is 2.24. The van der Waals surface area contributed by atoms with E-state index in [2.05, 4.69) is 10.3 Å². The molecule has 0 aliphatic heterocycles. The number of nitrogens with zero attached hydrogens (tertiary/aromatic N) is 1. The predicted molar refractivity (Wildman–Crippen MR) is 72.6 cm³/mol. The zero-order valence-electron chi connectivity index (χ0n) is 9.52. The van der Waals surface area contributed by atoms with Gasteiger partial charge in [-0.05, 0) is 12.1 Å². The molecule has 0 bridgehead atoms. The Morgan fingerprint density at radius 1 is 1.41 bits per heavy atom. The number of aromatic nitrogens is 1. The Kier molecular flexibility index (Phi) is 6.26. The molecule has 1 aromatic rings. The van der Waals surface area contributed by atoms with Gasteiger partial charge >= 0.3 is 0 Å². The van der Waals surface area contributed by atoms with Crippen LogP contribution in [0.2, 0.25) is 5.02 Å². The minimum absolute atomic E-state index is 0.177. The van der Waals surface area contributed by atoms with Crippen LogP contribution in [0.3, 0.4) is 0 Å². The van der Waals surface area contributed by atoms with Crippen molar-refractivity contribution in [3.63, 3.8) is 0 Å². The maximum Gasteiger partial charge on any atom is 0.148 e.